The Labute approximate surface area is 55.5 Å². The molecular formula is C4H11BrS. The molecule has 0 heterocycles. The van der Waals surface area contributed by atoms with Gasteiger partial charge in [0, 0.05) is 0 Å². The summed E-state index contributed by atoms with van der Waals surface area (Å²) in [5.74, 6) is 1.15. The first-order valence-electron chi connectivity index (χ1n) is 2.06. The molecule has 0 aromatic heterocycles. The van der Waals surface area contributed by atoms with E-state index in [9.17, 15) is 0 Å². The highest BCUT2D eigenvalue weighted by atomic mass is 79.9. The van der Waals surface area contributed by atoms with Crippen LogP contribution in [-0.2, 0) is 12.6 Å². The van der Waals surface area contributed by atoms with E-state index >= 15 is 0 Å². The molecule has 0 aromatic carbocycles. The molecule has 0 unspecified atom stereocenters. The number of hydrogen-bond donors (Lipinski definition) is 0. The van der Waals surface area contributed by atoms with Crippen LogP contribution in [0.1, 0.15) is 19.8 Å². The molecule has 0 radical (unpaired) electrons. The topological polar surface area (TPSA) is 0 Å². The number of unbranched alkanes of at least 4 members (excludes halogenated alkanes) is 1. The van der Waals surface area contributed by atoms with Gasteiger partial charge in [0.25, 0.3) is 0 Å². The second kappa shape index (κ2) is 9.27. The van der Waals surface area contributed by atoms with E-state index < -0.39 is 0 Å². The van der Waals surface area contributed by atoms with Crippen molar-refractivity contribution in [2.24, 2.45) is 0 Å². The molecule has 0 bridgehead atoms. The smallest absolute Gasteiger partial charge is 0.103 e. The molecule has 0 saturated heterocycles. The fraction of sp³-hybridized carbons (Fsp3) is 1.00. The molecule has 0 aliphatic carbocycles. The molecule has 0 aromatic rings. The normalized spacial score (nSPS) is 7.00. The van der Waals surface area contributed by atoms with Crippen LogP contribution in [0, 0.1) is 0 Å². The van der Waals surface area contributed by atoms with Gasteiger partial charge in [-0.2, -0.15) is 0 Å². The summed E-state index contributed by atoms with van der Waals surface area (Å²) in [6.45, 7) is 2.18. The largest absolute Gasteiger partial charge is 1.00 e. The highest BCUT2D eigenvalue weighted by Gasteiger charge is 1.74. The third-order valence-electron chi connectivity index (χ3n) is 0.530. The van der Waals surface area contributed by atoms with Gasteiger partial charge in [0.15, 0.2) is 0 Å². The van der Waals surface area contributed by atoms with Crippen LogP contribution in [0.4, 0.5) is 0 Å². The van der Waals surface area contributed by atoms with Crippen molar-refractivity contribution in [1.29, 1.82) is 0 Å². The zero-order valence-corrected chi connectivity index (χ0v) is 6.59. The lowest BCUT2D eigenvalue weighted by atomic mass is 10.4. The SMILES string of the molecule is CCCC[SH2+].[Br-]. The van der Waals surface area contributed by atoms with Gasteiger partial charge in [-0.15, -0.1) is 0 Å². The zero-order valence-electron chi connectivity index (χ0n) is 4.00. The van der Waals surface area contributed by atoms with Crippen LogP contribution in [0.15, 0.2) is 0 Å². The maximum Gasteiger partial charge on any atom is 0.103 e. The number of rotatable bonds is 2. The van der Waals surface area contributed by atoms with E-state index in [1.165, 1.54) is 12.8 Å². The van der Waals surface area contributed by atoms with E-state index in [0.29, 0.717) is 0 Å². The third kappa shape index (κ3) is 8.85. The van der Waals surface area contributed by atoms with Crippen molar-refractivity contribution < 1.29 is 17.0 Å². The Morgan fingerprint density at radius 3 is 2.00 bits per heavy atom. The van der Waals surface area contributed by atoms with Gasteiger partial charge in [-0.25, -0.2) is 0 Å². The first-order valence-corrected chi connectivity index (χ1v) is 2.77. The molecule has 0 nitrogen and oxygen atoms in total. The maximum atomic E-state index is 3.35. The van der Waals surface area contributed by atoms with Crippen LogP contribution in [0.3, 0.4) is 0 Å². The summed E-state index contributed by atoms with van der Waals surface area (Å²) < 4.78 is 0. The molecule has 0 rings (SSSR count). The molecular weight excluding hydrogens is 160 g/mol. The summed E-state index contributed by atoms with van der Waals surface area (Å²) in [7, 11) is 0. The summed E-state index contributed by atoms with van der Waals surface area (Å²) in [4.78, 5) is 0. The second-order valence-electron chi connectivity index (χ2n) is 1.10. The average molecular weight is 171 g/mol. The van der Waals surface area contributed by atoms with Crippen LogP contribution in [0.25, 0.3) is 0 Å². The quantitative estimate of drug-likeness (QED) is 0.414. The van der Waals surface area contributed by atoms with E-state index in [1.807, 2.05) is 0 Å². The molecule has 0 spiro atoms. The minimum absolute atomic E-state index is 0. The highest BCUT2D eigenvalue weighted by Crippen LogP contribution is 1.80. The summed E-state index contributed by atoms with van der Waals surface area (Å²) >= 11 is 3.35. The lowest BCUT2D eigenvalue weighted by Gasteiger charge is -1.73. The van der Waals surface area contributed by atoms with E-state index in [2.05, 4.69) is 19.6 Å². The summed E-state index contributed by atoms with van der Waals surface area (Å²) in [6, 6.07) is 0. The summed E-state index contributed by atoms with van der Waals surface area (Å²) in [5.41, 5.74) is 0. The average Bonchev–Trinajstić information content (AvgIpc) is 1.41. The van der Waals surface area contributed by atoms with Gasteiger partial charge >= 0.3 is 0 Å². The Balaban J connectivity index is 0. The second-order valence-corrected chi connectivity index (χ2v) is 1.60. The van der Waals surface area contributed by atoms with E-state index in [4.69, 9.17) is 0 Å². The predicted molar refractivity (Wildman–Crippen MR) is 29.9 cm³/mol. The fourth-order valence-corrected chi connectivity index (χ4v) is 0.530. The van der Waals surface area contributed by atoms with Crippen molar-refractivity contribution in [2.45, 2.75) is 19.8 Å². The van der Waals surface area contributed by atoms with Crippen molar-refractivity contribution in [2.75, 3.05) is 5.75 Å². The number of halogens is 1. The molecule has 0 fully saturated rings. The lowest BCUT2D eigenvalue weighted by Crippen LogP contribution is -3.00. The Hall–Kier alpha value is 0.830. The predicted octanol–water partition coefficient (Wildman–Crippen LogP) is -2.20. The molecule has 6 heavy (non-hydrogen) atoms. The van der Waals surface area contributed by atoms with Crippen LogP contribution in [0.2, 0.25) is 0 Å². The molecule has 0 saturated carbocycles. The van der Waals surface area contributed by atoms with Gasteiger partial charge in [-0.3, -0.25) is 0 Å². The Morgan fingerprint density at radius 1 is 1.50 bits per heavy atom. The molecule has 0 aliphatic heterocycles. The fourth-order valence-electron chi connectivity index (χ4n) is 0.177. The van der Waals surface area contributed by atoms with Crippen molar-refractivity contribution >= 4 is 12.6 Å². The Morgan fingerprint density at radius 2 is 2.00 bits per heavy atom. The summed E-state index contributed by atoms with van der Waals surface area (Å²) in [5, 5.41) is 0. The minimum atomic E-state index is 0. The molecule has 0 aliphatic rings. The van der Waals surface area contributed by atoms with Gasteiger partial charge in [-0.1, -0.05) is 13.3 Å². The molecule has 0 N–H and O–H groups in total. The van der Waals surface area contributed by atoms with Crippen molar-refractivity contribution in [3.8, 4) is 0 Å². The van der Waals surface area contributed by atoms with Crippen LogP contribution in [-0.4, -0.2) is 5.75 Å². The maximum absolute atomic E-state index is 3.35. The Bertz CT molecular complexity index is 15.0. The van der Waals surface area contributed by atoms with Crippen LogP contribution < -0.4 is 17.0 Å². The number of hydrogen-bond acceptors (Lipinski definition) is 0. The first-order chi connectivity index (χ1) is 2.41. The molecule has 40 valence electrons. The van der Waals surface area contributed by atoms with Gasteiger partial charge in [0.05, 0.1) is 0 Å². The van der Waals surface area contributed by atoms with Crippen LogP contribution in [0.5, 0.6) is 0 Å². The first kappa shape index (κ1) is 9.95. The van der Waals surface area contributed by atoms with Crippen molar-refractivity contribution in [3.63, 3.8) is 0 Å². The van der Waals surface area contributed by atoms with E-state index in [-0.39, 0.29) is 17.0 Å². The van der Waals surface area contributed by atoms with Gasteiger partial charge in [-0.05, 0) is 19.0 Å². The third-order valence-corrected chi connectivity index (χ3v) is 0.884. The monoisotopic (exact) mass is 170 g/mol. The van der Waals surface area contributed by atoms with Gasteiger partial charge < -0.3 is 17.0 Å². The Kier molecular flexibility index (Phi) is 15.4. The van der Waals surface area contributed by atoms with Crippen molar-refractivity contribution in [1.82, 2.24) is 0 Å². The molecule has 2 heteroatoms. The molecule has 0 amide bonds. The van der Waals surface area contributed by atoms with Crippen LogP contribution >= 0.6 is 0 Å². The lowest BCUT2D eigenvalue weighted by molar-refractivity contribution is -0.00000108. The van der Waals surface area contributed by atoms with E-state index in [0.717, 1.165) is 5.75 Å². The zero-order chi connectivity index (χ0) is 4.12. The minimum Gasteiger partial charge on any atom is -1.00 e. The highest BCUT2D eigenvalue weighted by molar-refractivity contribution is 7.58. The molecule has 0 atom stereocenters. The summed E-state index contributed by atoms with van der Waals surface area (Å²) in [6.07, 6.45) is 2.60. The van der Waals surface area contributed by atoms with E-state index in [1.54, 1.807) is 0 Å². The van der Waals surface area contributed by atoms with Gasteiger partial charge in [0.1, 0.15) is 5.75 Å². The van der Waals surface area contributed by atoms with Gasteiger partial charge in [0.2, 0.25) is 0 Å². The van der Waals surface area contributed by atoms with Crippen molar-refractivity contribution in [3.05, 3.63) is 0 Å². The standard InChI is InChI=1S/C4H10S.BrH/c1-2-3-4-5;/h5H,2-4H2,1H3;1H.